The third-order valence-corrected chi connectivity index (χ3v) is 6.21. The van der Waals surface area contributed by atoms with Gasteiger partial charge in [0.15, 0.2) is 12.5 Å². The zero-order valence-electron chi connectivity index (χ0n) is 18.4. The molecule has 0 spiro atoms. The molecule has 2 saturated heterocycles. The summed E-state index contributed by atoms with van der Waals surface area (Å²) >= 11 is 0. The minimum Gasteiger partial charge on any atom is -0.387 e. The van der Waals surface area contributed by atoms with E-state index >= 15 is 8.78 Å². The van der Waals surface area contributed by atoms with Crippen LogP contribution in [-0.4, -0.2) is 104 Å². The van der Waals surface area contributed by atoms with Crippen LogP contribution in [0, 0.1) is 0 Å². The van der Waals surface area contributed by atoms with Crippen LogP contribution < -0.4 is 22.5 Å². The molecule has 0 bridgehead atoms. The molecule has 0 radical (unpaired) electrons. The second-order valence-electron chi connectivity index (χ2n) is 8.54. The molecule has 2 aliphatic rings. The molecular formula is C19H22F2N4O12. The number of halogens is 2. The number of aromatic amines is 2. The van der Waals surface area contributed by atoms with Crippen LogP contribution in [0.25, 0.3) is 0 Å². The van der Waals surface area contributed by atoms with Gasteiger partial charge in [0.25, 0.3) is 11.1 Å². The van der Waals surface area contributed by atoms with Crippen molar-refractivity contribution in [1.29, 1.82) is 0 Å². The summed E-state index contributed by atoms with van der Waals surface area (Å²) < 4.78 is 41.6. The molecule has 2 unspecified atom stereocenters. The third kappa shape index (κ3) is 4.57. The van der Waals surface area contributed by atoms with Gasteiger partial charge in [0, 0.05) is 24.5 Å². The molecule has 0 aromatic carbocycles. The number of nitrogens with one attached hydrogen (secondary N) is 2. The Labute approximate surface area is 202 Å². The van der Waals surface area contributed by atoms with E-state index in [0.717, 1.165) is 24.5 Å². The maximum absolute atomic E-state index is 15.2. The van der Waals surface area contributed by atoms with Gasteiger partial charge in [-0.25, -0.2) is 18.4 Å². The second-order valence-corrected chi connectivity index (χ2v) is 8.54. The highest BCUT2D eigenvalue weighted by atomic mass is 19.3. The first-order valence-electron chi connectivity index (χ1n) is 10.7. The maximum Gasteiger partial charge on any atom is 0.330 e. The summed E-state index contributed by atoms with van der Waals surface area (Å²) in [5.41, 5.74) is -3.88. The van der Waals surface area contributed by atoms with Crippen molar-refractivity contribution in [2.75, 3.05) is 0 Å². The molecule has 2 aromatic rings. The number of H-pyrrole nitrogens is 2. The molecular weight excluding hydrogens is 514 g/mol. The fourth-order valence-corrected chi connectivity index (χ4v) is 4.22. The molecule has 37 heavy (non-hydrogen) atoms. The molecule has 2 aromatic heterocycles. The predicted molar refractivity (Wildman–Crippen MR) is 111 cm³/mol. The molecule has 0 amide bonds. The van der Waals surface area contributed by atoms with Gasteiger partial charge in [0.2, 0.25) is 0 Å². The highest BCUT2D eigenvalue weighted by molar-refractivity contribution is 5.05. The first-order valence-corrected chi connectivity index (χ1v) is 10.7. The van der Waals surface area contributed by atoms with Crippen LogP contribution in [0.5, 0.6) is 0 Å². The van der Waals surface area contributed by atoms with Gasteiger partial charge >= 0.3 is 17.3 Å². The molecule has 204 valence electrons. The average molecular weight is 536 g/mol. The normalized spacial score (nSPS) is 33.9. The molecule has 2 fully saturated rings. The summed E-state index contributed by atoms with van der Waals surface area (Å²) in [6.07, 6.45) is -21.2. The number of ether oxygens (including phenoxy) is 2. The van der Waals surface area contributed by atoms with Gasteiger partial charge in [0.1, 0.15) is 48.8 Å². The number of aliphatic hydroxyl groups excluding tert-OH is 6. The molecule has 0 aliphatic carbocycles. The minimum absolute atomic E-state index is 0.573. The third-order valence-electron chi connectivity index (χ3n) is 6.21. The zero-order valence-corrected chi connectivity index (χ0v) is 18.4. The van der Waals surface area contributed by atoms with Gasteiger partial charge in [-0.15, -0.1) is 0 Å². The Morgan fingerprint density at radius 1 is 0.730 bits per heavy atom. The van der Waals surface area contributed by atoms with Crippen molar-refractivity contribution in [2.24, 2.45) is 0 Å². The summed E-state index contributed by atoms with van der Waals surface area (Å²) in [7, 11) is 0. The number of aliphatic hydroxyl groups is 6. The van der Waals surface area contributed by atoms with E-state index in [1.807, 2.05) is 9.97 Å². The maximum atomic E-state index is 15.2. The van der Waals surface area contributed by atoms with Crippen molar-refractivity contribution in [2.45, 2.75) is 67.2 Å². The summed E-state index contributed by atoms with van der Waals surface area (Å²) in [5.74, 6) is -4.65. The van der Waals surface area contributed by atoms with E-state index in [0.29, 0.717) is 9.13 Å². The van der Waals surface area contributed by atoms with Crippen molar-refractivity contribution >= 4 is 0 Å². The first kappa shape index (κ1) is 26.9. The SMILES string of the molecule is O=c1ccn([C@@H]2O[C@H](C(O)C(F)(F)C(O)[C@H]3O[C@@H](n4ccc(=O)[nH]c4=O)[C@H](O)[C@@H]3O)[C@@H](O)[C@H]2O)c(=O)[nH]1. The van der Waals surface area contributed by atoms with Crippen molar-refractivity contribution in [3.8, 4) is 0 Å². The predicted octanol–water partition coefficient (Wildman–Crippen LogP) is -5.32. The monoisotopic (exact) mass is 536 g/mol. The molecule has 4 heterocycles. The highest BCUT2D eigenvalue weighted by Gasteiger charge is 2.62. The van der Waals surface area contributed by atoms with Crippen LogP contribution in [0.4, 0.5) is 8.78 Å². The summed E-state index contributed by atoms with van der Waals surface area (Å²) in [5, 5.41) is 61.6. The summed E-state index contributed by atoms with van der Waals surface area (Å²) in [6, 6.07) is 1.69. The van der Waals surface area contributed by atoms with E-state index in [2.05, 4.69) is 0 Å². The van der Waals surface area contributed by atoms with Gasteiger partial charge in [-0.05, 0) is 0 Å². The van der Waals surface area contributed by atoms with E-state index < -0.39 is 89.7 Å². The van der Waals surface area contributed by atoms with Crippen LogP contribution in [0.15, 0.2) is 43.7 Å². The van der Waals surface area contributed by atoms with Crippen LogP contribution >= 0.6 is 0 Å². The van der Waals surface area contributed by atoms with E-state index in [4.69, 9.17) is 9.47 Å². The fraction of sp³-hybridized carbons (Fsp3) is 0.579. The summed E-state index contributed by atoms with van der Waals surface area (Å²) in [6.45, 7) is 0. The Kier molecular flexibility index (Phi) is 7.03. The lowest BCUT2D eigenvalue weighted by Crippen LogP contribution is -2.58. The molecule has 10 atom stereocenters. The van der Waals surface area contributed by atoms with E-state index in [1.54, 1.807) is 0 Å². The Bertz CT molecular complexity index is 1270. The van der Waals surface area contributed by atoms with E-state index in [9.17, 15) is 49.8 Å². The number of aromatic nitrogens is 4. The Morgan fingerprint density at radius 3 is 1.41 bits per heavy atom. The minimum atomic E-state index is -4.65. The van der Waals surface area contributed by atoms with Gasteiger partial charge in [-0.1, -0.05) is 0 Å². The lowest BCUT2D eigenvalue weighted by Gasteiger charge is -2.34. The molecule has 18 heteroatoms. The zero-order chi connectivity index (χ0) is 27.4. The molecule has 0 saturated carbocycles. The largest absolute Gasteiger partial charge is 0.387 e. The molecule has 16 nitrogen and oxygen atoms in total. The number of hydrogen-bond donors (Lipinski definition) is 8. The number of alkyl halides is 2. The van der Waals surface area contributed by atoms with Crippen LogP contribution in [-0.2, 0) is 9.47 Å². The van der Waals surface area contributed by atoms with Crippen molar-refractivity contribution < 1.29 is 48.9 Å². The number of rotatable bonds is 6. The number of hydrogen-bond acceptors (Lipinski definition) is 12. The topological polar surface area (TPSA) is 250 Å². The summed E-state index contributed by atoms with van der Waals surface area (Å²) in [4.78, 5) is 50.1. The number of nitrogens with zero attached hydrogens (tertiary/aromatic N) is 2. The van der Waals surface area contributed by atoms with Gasteiger partial charge < -0.3 is 40.1 Å². The second kappa shape index (κ2) is 9.65. The lowest BCUT2D eigenvalue weighted by molar-refractivity contribution is -0.248. The fourth-order valence-electron chi connectivity index (χ4n) is 4.22. The standard InChI is InChI=1S/C19H22F2N4O12/c20-19(21,13(32)11-7(28)9(30)15(36-11)24-3-1-5(26)22-17(24)34)14(33)12-8(29)10(31)16(37-12)25-4-2-6(27)23-18(25)35/h1-4,7-16,28-33H,(H,22,26,34)(H,23,27,35)/t7-,8-,9+,10+,11-,12-,13?,14?,15+,16+/m0/s1. The average Bonchev–Trinajstić information content (AvgIpc) is 3.28. The Morgan fingerprint density at radius 2 is 1.08 bits per heavy atom. The van der Waals surface area contributed by atoms with Crippen LogP contribution in [0.1, 0.15) is 12.5 Å². The van der Waals surface area contributed by atoms with Crippen molar-refractivity contribution in [3.63, 3.8) is 0 Å². The van der Waals surface area contributed by atoms with Gasteiger partial charge in [-0.3, -0.25) is 28.7 Å². The molecule has 4 rings (SSSR count). The van der Waals surface area contributed by atoms with Gasteiger partial charge in [-0.2, -0.15) is 0 Å². The van der Waals surface area contributed by atoms with Crippen LogP contribution in [0.3, 0.4) is 0 Å². The lowest BCUT2D eigenvalue weighted by atomic mass is 9.92. The Balaban J connectivity index is 1.56. The molecule has 2 aliphatic heterocycles. The van der Waals surface area contributed by atoms with Crippen LogP contribution in [0.2, 0.25) is 0 Å². The van der Waals surface area contributed by atoms with E-state index in [-0.39, 0.29) is 0 Å². The van der Waals surface area contributed by atoms with E-state index in [1.165, 1.54) is 0 Å². The van der Waals surface area contributed by atoms with Crippen molar-refractivity contribution in [1.82, 2.24) is 19.1 Å². The smallest absolute Gasteiger partial charge is 0.330 e. The van der Waals surface area contributed by atoms with Gasteiger partial charge in [0.05, 0.1) is 0 Å². The highest BCUT2D eigenvalue weighted by Crippen LogP contribution is 2.40. The molecule has 8 N–H and O–H groups in total. The quantitative estimate of drug-likeness (QED) is 0.172. The first-order chi connectivity index (χ1) is 17.2. The van der Waals surface area contributed by atoms with Crippen molar-refractivity contribution in [3.05, 3.63) is 66.2 Å². The Hall–Kier alpha value is -3.10.